The van der Waals surface area contributed by atoms with Crippen LogP contribution >= 0.6 is 0 Å². The molecule has 4 nitrogen and oxygen atoms in total. The lowest BCUT2D eigenvalue weighted by Gasteiger charge is -2.28. The second-order valence-electron chi connectivity index (χ2n) is 5.36. The molecule has 0 aliphatic carbocycles. The molecule has 0 spiro atoms. The SMILES string of the molecule is CC(=O)N1CCc2c(CN3CCNCC3)cccc21. The summed E-state index contributed by atoms with van der Waals surface area (Å²) in [4.78, 5) is 16.0. The zero-order valence-corrected chi connectivity index (χ0v) is 11.5. The number of piperazine rings is 1. The van der Waals surface area contributed by atoms with E-state index in [-0.39, 0.29) is 5.91 Å². The van der Waals surface area contributed by atoms with E-state index in [1.807, 2.05) is 4.90 Å². The molecule has 0 unspecified atom stereocenters. The molecule has 1 N–H and O–H groups in total. The molecule has 1 aromatic rings. The standard InChI is InChI=1S/C15H21N3O/c1-12(19)18-8-5-14-13(3-2-4-15(14)18)11-17-9-6-16-7-10-17/h2-4,16H,5-11H2,1H3. The Morgan fingerprint density at radius 2 is 2.05 bits per heavy atom. The van der Waals surface area contributed by atoms with Gasteiger partial charge in [0, 0.05) is 51.9 Å². The van der Waals surface area contributed by atoms with Crippen molar-refractivity contribution in [3.05, 3.63) is 29.3 Å². The van der Waals surface area contributed by atoms with Gasteiger partial charge in [-0.25, -0.2) is 0 Å². The van der Waals surface area contributed by atoms with Gasteiger partial charge in [0.1, 0.15) is 0 Å². The van der Waals surface area contributed by atoms with Crippen LogP contribution in [0.25, 0.3) is 0 Å². The fraction of sp³-hybridized carbons (Fsp3) is 0.533. The summed E-state index contributed by atoms with van der Waals surface area (Å²) in [7, 11) is 0. The molecule has 3 rings (SSSR count). The summed E-state index contributed by atoms with van der Waals surface area (Å²) in [6.07, 6.45) is 0.997. The molecule has 2 aliphatic heterocycles. The highest BCUT2D eigenvalue weighted by Crippen LogP contribution is 2.31. The minimum absolute atomic E-state index is 0.151. The van der Waals surface area contributed by atoms with Crippen LogP contribution in [0.1, 0.15) is 18.1 Å². The van der Waals surface area contributed by atoms with Crippen molar-refractivity contribution in [1.29, 1.82) is 0 Å². The van der Waals surface area contributed by atoms with E-state index in [9.17, 15) is 4.79 Å². The lowest BCUT2D eigenvalue weighted by atomic mass is 10.0. The quantitative estimate of drug-likeness (QED) is 0.860. The average Bonchev–Trinajstić information content (AvgIpc) is 2.85. The molecular formula is C15H21N3O. The van der Waals surface area contributed by atoms with Gasteiger partial charge in [-0.2, -0.15) is 0 Å². The van der Waals surface area contributed by atoms with Crippen LogP contribution in [0.3, 0.4) is 0 Å². The molecular weight excluding hydrogens is 238 g/mol. The van der Waals surface area contributed by atoms with E-state index in [1.165, 1.54) is 11.1 Å². The molecule has 2 aliphatic rings. The van der Waals surface area contributed by atoms with Crippen LogP contribution in [0.4, 0.5) is 5.69 Å². The number of carbonyl (C=O) groups is 1. The molecule has 1 aromatic carbocycles. The van der Waals surface area contributed by atoms with Crippen molar-refractivity contribution >= 4 is 11.6 Å². The zero-order chi connectivity index (χ0) is 13.2. The van der Waals surface area contributed by atoms with Gasteiger partial charge in [-0.15, -0.1) is 0 Å². The summed E-state index contributed by atoms with van der Waals surface area (Å²) >= 11 is 0. The van der Waals surface area contributed by atoms with E-state index < -0.39 is 0 Å². The Hall–Kier alpha value is -1.39. The van der Waals surface area contributed by atoms with Gasteiger partial charge in [0.05, 0.1) is 0 Å². The number of hydrogen-bond acceptors (Lipinski definition) is 3. The molecule has 19 heavy (non-hydrogen) atoms. The number of rotatable bonds is 2. The minimum atomic E-state index is 0.151. The first-order valence-electron chi connectivity index (χ1n) is 7.07. The Bertz CT molecular complexity index is 480. The van der Waals surface area contributed by atoms with Gasteiger partial charge >= 0.3 is 0 Å². The number of anilines is 1. The van der Waals surface area contributed by atoms with Gasteiger partial charge in [-0.05, 0) is 23.6 Å². The maximum absolute atomic E-state index is 11.6. The highest BCUT2D eigenvalue weighted by Gasteiger charge is 2.24. The Labute approximate surface area is 114 Å². The van der Waals surface area contributed by atoms with Crippen LogP contribution in [0.5, 0.6) is 0 Å². The summed E-state index contributed by atoms with van der Waals surface area (Å²) in [6, 6.07) is 6.37. The van der Waals surface area contributed by atoms with Crippen LogP contribution in [0, 0.1) is 0 Å². The normalized spacial score (nSPS) is 19.5. The van der Waals surface area contributed by atoms with Crippen LogP contribution in [0.2, 0.25) is 0 Å². The molecule has 1 fully saturated rings. The molecule has 102 valence electrons. The smallest absolute Gasteiger partial charge is 0.223 e. The Morgan fingerprint density at radius 3 is 2.79 bits per heavy atom. The highest BCUT2D eigenvalue weighted by molar-refractivity contribution is 5.94. The van der Waals surface area contributed by atoms with Crippen LogP contribution in [-0.2, 0) is 17.8 Å². The first-order chi connectivity index (χ1) is 9.25. The van der Waals surface area contributed by atoms with E-state index in [2.05, 4.69) is 28.4 Å². The molecule has 2 heterocycles. The van der Waals surface area contributed by atoms with Crippen molar-refractivity contribution in [2.75, 3.05) is 37.6 Å². The predicted octanol–water partition coefficient (Wildman–Crippen LogP) is 1.00. The zero-order valence-electron chi connectivity index (χ0n) is 11.5. The van der Waals surface area contributed by atoms with Gasteiger partial charge in [0.15, 0.2) is 0 Å². The number of benzene rings is 1. The van der Waals surface area contributed by atoms with Crippen molar-refractivity contribution in [3.63, 3.8) is 0 Å². The third-order valence-corrected chi connectivity index (χ3v) is 4.11. The van der Waals surface area contributed by atoms with Crippen LogP contribution < -0.4 is 10.2 Å². The molecule has 0 atom stereocenters. The monoisotopic (exact) mass is 259 g/mol. The van der Waals surface area contributed by atoms with Crippen molar-refractivity contribution in [3.8, 4) is 0 Å². The molecule has 0 aromatic heterocycles. The van der Waals surface area contributed by atoms with E-state index in [4.69, 9.17) is 0 Å². The van der Waals surface area contributed by atoms with E-state index >= 15 is 0 Å². The number of carbonyl (C=O) groups excluding carboxylic acids is 1. The molecule has 1 saturated heterocycles. The van der Waals surface area contributed by atoms with E-state index in [1.54, 1.807) is 6.92 Å². The number of nitrogens with one attached hydrogen (secondary N) is 1. The Kier molecular flexibility index (Phi) is 3.53. The highest BCUT2D eigenvalue weighted by atomic mass is 16.2. The third kappa shape index (κ3) is 2.51. The second-order valence-corrected chi connectivity index (χ2v) is 5.36. The second kappa shape index (κ2) is 5.31. The average molecular weight is 259 g/mol. The fourth-order valence-corrected chi connectivity index (χ4v) is 3.09. The number of nitrogens with zero attached hydrogens (tertiary/aromatic N) is 2. The van der Waals surface area contributed by atoms with Crippen LogP contribution in [-0.4, -0.2) is 43.5 Å². The number of fused-ring (bicyclic) bond motifs is 1. The molecule has 0 radical (unpaired) electrons. The van der Waals surface area contributed by atoms with Gasteiger partial charge in [0.2, 0.25) is 5.91 Å². The minimum Gasteiger partial charge on any atom is -0.314 e. The predicted molar refractivity (Wildman–Crippen MR) is 76.3 cm³/mol. The van der Waals surface area contributed by atoms with E-state index in [0.717, 1.165) is 51.4 Å². The Balaban J connectivity index is 1.81. The first-order valence-corrected chi connectivity index (χ1v) is 7.07. The largest absolute Gasteiger partial charge is 0.314 e. The summed E-state index contributed by atoms with van der Waals surface area (Å²) in [5.41, 5.74) is 3.89. The number of amides is 1. The van der Waals surface area contributed by atoms with E-state index in [0.29, 0.717) is 0 Å². The maximum atomic E-state index is 11.6. The van der Waals surface area contributed by atoms with Crippen molar-refractivity contribution in [2.24, 2.45) is 0 Å². The van der Waals surface area contributed by atoms with Gasteiger partial charge in [0.25, 0.3) is 0 Å². The fourth-order valence-electron chi connectivity index (χ4n) is 3.09. The summed E-state index contributed by atoms with van der Waals surface area (Å²) in [6.45, 7) is 7.88. The maximum Gasteiger partial charge on any atom is 0.223 e. The Morgan fingerprint density at radius 1 is 1.26 bits per heavy atom. The van der Waals surface area contributed by atoms with Gasteiger partial charge in [-0.3, -0.25) is 9.69 Å². The van der Waals surface area contributed by atoms with Gasteiger partial charge in [-0.1, -0.05) is 12.1 Å². The molecule has 0 saturated carbocycles. The first kappa shape index (κ1) is 12.6. The van der Waals surface area contributed by atoms with Crippen molar-refractivity contribution < 1.29 is 4.79 Å². The lowest BCUT2D eigenvalue weighted by Crippen LogP contribution is -2.43. The van der Waals surface area contributed by atoms with Crippen LogP contribution in [0.15, 0.2) is 18.2 Å². The van der Waals surface area contributed by atoms with Crippen molar-refractivity contribution in [1.82, 2.24) is 10.2 Å². The summed E-state index contributed by atoms with van der Waals surface area (Å²) < 4.78 is 0. The number of hydrogen-bond donors (Lipinski definition) is 1. The third-order valence-electron chi connectivity index (χ3n) is 4.11. The molecule has 4 heteroatoms. The molecule has 1 amide bonds. The summed E-state index contributed by atoms with van der Waals surface area (Å²) in [5.74, 6) is 0.151. The lowest BCUT2D eigenvalue weighted by molar-refractivity contribution is -0.116. The van der Waals surface area contributed by atoms with Crippen molar-refractivity contribution in [2.45, 2.75) is 19.9 Å². The summed E-state index contributed by atoms with van der Waals surface area (Å²) in [5, 5.41) is 3.38. The molecule has 0 bridgehead atoms. The topological polar surface area (TPSA) is 35.6 Å². The van der Waals surface area contributed by atoms with Gasteiger partial charge < -0.3 is 10.2 Å².